The molecule has 0 aliphatic rings. The van der Waals surface area contributed by atoms with Gasteiger partial charge in [0, 0.05) is 18.0 Å². The van der Waals surface area contributed by atoms with Gasteiger partial charge in [0.15, 0.2) is 0 Å². The molecule has 0 fully saturated rings. The van der Waals surface area contributed by atoms with Crippen LogP contribution in [-0.2, 0) is 0 Å². The number of carboxylic acid groups (broad SMARTS) is 1. The third-order valence-corrected chi connectivity index (χ3v) is 3.10. The summed E-state index contributed by atoms with van der Waals surface area (Å²) >= 11 is 0. The normalized spacial score (nSPS) is 10.9. The summed E-state index contributed by atoms with van der Waals surface area (Å²) in [6.07, 6.45) is 1.48. The maximum atomic E-state index is 11.0. The van der Waals surface area contributed by atoms with Crippen LogP contribution in [0.15, 0.2) is 24.5 Å². The van der Waals surface area contributed by atoms with Gasteiger partial charge in [0.2, 0.25) is 0 Å². The fourth-order valence-corrected chi connectivity index (χ4v) is 2.16. The Morgan fingerprint density at radius 2 is 2.11 bits per heavy atom. The highest BCUT2D eigenvalue weighted by atomic mass is 16.4. The van der Waals surface area contributed by atoms with Gasteiger partial charge in [0.05, 0.1) is 11.1 Å². The predicted molar refractivity (Wildman–Crippen MR) is 74.7 cm³/mol. The summed E-state index contributed by atoms with van der Waals surface area (Å²) in [6.45, 7) is 7.11. The zero-order valence-corrected chi connectivity index (χ0v) is 11.3. The van der Waals surface area contributed by atoms with Crippen LogP contribution in [-0.4, -0.2) is 33.6 Å². The van der Waals surface area contributed by atoms with Gasteiger partial charge >= 0.3 is 5.97 Å². The Bertz CT molecular complexity index is 611. The molecule has 0 aliphatic carbocycles. The van der Waals surface area contributed by atoms with E-state index in [4.69, 9.17) is 5.11 Å². The molecular weight excluding hydrogens is 242 g/mol. The van der Waals surface area contributed by atoms with Gasteiger partial charge in [-0.3, -0.25) is 0 Å². The van der Waals surface area contributed by atoms with E-state index in [0.717, 1.165) is 17.7 Å². The first-order chi connectivity index (χ1) is 9.04. The minimum Gasteiger partial charge on any atom is -0.478 e. The van der Waals surface area contributed by atoms with Crippen LogP contribution >= 0.6 is 0 Å². The van der Waals surface area contributed by atoms with Crippen molar-refractivity contribution in [3.63, 3.8) is 0 Å². The number of hydrogen-bond donors (Lipinski definition) is 1. The molecule has 0 atom stereocenters. The van der Waals surface area contributed by atoms with Crippen molar-refractivity contribution in [1.82, 2.24) is 9.97 Å². The predicted octanol–water partition coefficient (Wildman–Crippen LogP) is 2.56. The van der Waals surface area contributed by atoms with E-state index in [1.54, 1.807) is 18.2 Å². The van der Waals surface area contributed by atoms with Crippen LogP contribution < -0.4 is 4.90 Å². The highest BCUT2D eigenvalue weighted by Gasteiger charge is 2.14. The number of carboxylic acids is 1. The molecule has 0 aliphatic heterocycles. The second-order valence-corrected chi connectivity index (χ2v) is 4.61. The second kappa shape index (κ2) is 5.22. The number of aromatic nitrogens is 2. The maximum absolute atomic E-state index is 11.0. The van der Waals surface area contributed by atoms with Gasteiger partial charge in [-0.2, -0.15) is 0 Å². The van der Waals surface area contributed by atoms with Crippen molar-refractivity contribution in [2.24, 2.45) is 0 Å². The molecule has 5 heteroatoms. The highest BCUT2D eigenvalue weighted by molar-refractivity contribution is 5.96. The Kier molecular flexibility index (Phi) is 3.64. The van der Waals surface area contributed by atoms with E-state index in [-0.39, 0.29) is 5.56 Å². The monoisotopic (exact) mass is 259 g/mol. The van der Waals surface area contributed by atoms with E-state index in [2.05, 4.69) is 35.6 Å². The quantitative estimate of drug-likeness (QED) is 0.914. The third kappa shape index (κ3) is 2.50. The number of fused-ring (bicyclic) bond motifs is 1. The van der Waals surface area contributed by atoms with E-state index in [0.29, 0.717) is 11.6 Å². The Balaban J connectivity index is 2.60. The average Bonchev–Trinajstić information content (AvgIpc) is 2.38. The fraction of sp³-hybridized carbons (Fsp3) is 0.357. The van der Waals surface area contributed by atoms with Gasteiger partial charge < -0.3 is 10.0 Å². The molecule has 19 heavy (non-hydrogen) atoms. The number of aromatic carboxylic acids is 1. The maximum Gasteiger partial charge on any atom is 0.335 e. The van der Waals surface area contributed by atoms with Crippen molar-refractivity contribution in [2.75, 3.05) is 11.4 Å². The molecule has 0 saturated heterocycles. The van der Waals surface area contributed by atoms with Crippen LogP contribution in [0.5, 0.6) is 0 Å². The van der Waals surface area contributed by atoms with Gasteiger partial charge in [0.25, 0.3) is 0 Å². The van der Waals surface area contributed by atoms with E-state index in [1.807, 2.05) is 0 Å². The lowest BCUT2D eigenvalue weighted by molar-refractivity contribution is 0.0697. The zero-order chi connectivity index (χ0) is 14.0. The van der Waals surface area contributed by atoms with Crippen molar-refractivity contribution in [3.8, 4) is 0 Å². The molecule has 5 nitrogen and oxygen atoms in total. The van der Waals surface area contributed by atoms with Crippen molar-refractivity contribution < 1.29 is 9.90 Å². The van der Waals surface area contributed by atoms with Gasteiger partial charge in [-0.1, -0.05) is 0 Å². The molecule has 0 amide bonds. The van der Waals surface area contributed by atoms with E-state index < -0.39 is 5.97 Å². The first kappa shape index (κ1) is 13.3. The first-order valence-electron chi connectivity index (χ1n) is 6.29. The second-order valence-electron chi connectivity index (χ2n) is 4.61. The Labute approximate surface area is 111 Å². The number of nitrogens with zero attached hydrogens (tertiary/aromatic N) is 3. The minimum absolute atomic E-state index is 0.241. The molecule has 0 saturated carbocycles. The SMILES string of the molecule is CCN(c1ncnc2cc(C(=O)O)ccc12)C(C)C. The summed E-state index contributed by atoms with van der Waals surface area (Å²) in [5.74, 6) is -0.0993. The summed E-state index contributed by atoms with van der Waals surface area (Å²) < 4.78 is 0. The van der Waals surface area contributed by atoms with Crippen LogP contribution in [0.4, 0.5) is 5.82 Å². The number of anilines is 1. The molecule has 1 heterocycles. The number of carbonyl (C=O) groups is 1. The van der Waals surface area contributed by atoms with Crippen LogP contribution in [0.1, 0.15) is 31.1 Å². The van der Waals surface area contributed by atoms with Gasteiger partial charge in [-0.15, -0.1) is 0 Å². The summed E-state index contributed by atoms with van der Waals surface area (Å²) in [5.41, 5.74) is 0.897. The summed E-state index contributed by atoms with van der Waals surface area (Å²) in [7, 11) is 0. The van der Waals surface area contributed by atoms with Crippen LogP contribution in [0, 0.1) is 0 Å². The molecule has 2 aromatic rings. The van der Waals surface area contributed by atoms with Crippen molar-refractivity contribution >= 4 is 22.7 Å². The zero-order valence-electron chi connectivity index (χ0n) is 11.3. The molecule has 1 aromatic carbocycles. The fourth-order valence-electron chi connectivity index (χ4n) is 2.16. The molecule has 0 bridgehead atoms. The molecule has 0 unspecified atom stereocenters. The summed E-state index contributed by atoms with van der Waals surface area (Å²) in [5, 5.41) is 9.88. The Morgan fingerprint density at radius 3 is 2.68 bits per heavy atom. The minimum atomic E-state index is -0.946. The molecule has 2 rings (SSSR count). The lowest BCUT2D eigenvalue weighted by Gasteiger charge is -2.27. The number of rotatable bonds is 4. The largest absolute Gasteiger partial charge is 0.478 e. The van der Waals surface area contributed by atoms with Crippen LogP contribution in [0.2, 0.25) is 0 Å². The standard InChI is InChI=1S/C14H17N3O2/c1-4-17(9(2)3)13-11-6-5-10(14(18)19)7-12(11)15-8-16-13/h5-9H,4H2,1-3H3,(H,18,19). The van der Waals surface area contributed by atoms with Crippen LogP contribution in [0.25, 0.3) is 10.9 Å². The van der Waals surface area contributed by atoms with Gasteiger partial charge in [-0.05, 0) is 39.0 Å². The lowest BCUT2D eigenvalue weighted by atomic mass is 10.1. The molecule has 1 N–H and O–H groups in total. The number of hydrogen-bond acceptors (Lipinski definition) is 4. The molecular formula is C14H17N3O2. The highest BCUT2D eigenvalue weighted by Crippen LogP contribution is 2.25. The van der Waals surface area contributed by atoms with Crippen LogP contribution in [0.3, 0.4) is 0 Å². The molecule has 0 spiro atoms. The number of benzene rings is 1. The smallest absolute Gasteiger partial charge is 0.335 e. The Morgan fingerprint density at radius 1 is 1.37 bits per heavy atom. The third-order valence-electron chi connectivity index (χ3n) is 3.10. The van der Waals surface area contributed by atoms with E-state index in [1.165, 1.54) is 6.33 Å². The van der Waals surface area contributed by atoms with Crippen molar-refractivity contribution in [1.29, 1.82) is 0 Å². The van der Waals surface area contributed by atoms with Crippen molar-refractivity contribution in [3.05, 3.63) is 30.1 Å². The molecule has 1 aromatic heterocycles. The average molecular weight is 259 g/mol. The summed E-state index contributed by atoms with van der Waals surface area (Å²) in [4.78, 5) is 21.6. The topological polar surface area (TPSA) is 66.3 Å². The van der Waals surface area contributed by atoms with Crippen molar-refractivity contribution in [2.45, 2.75) is 26.8 Å². The van der Waals surface area contributed by atoms with Gasteiger partial charge in [0.1, 0.15) is 12.1 Å². The Hall–Kier alpha value is -2.17. The molecule has 100 valence electrons. The first-order valence-corrected chi connectivity index (χ1v) is 6.29. The molecule has 0 radical (unpaired) electrons. The van der Waals surface area contributed by atoms with E-state index in [9.17, 15) is 4.79 Å². The van der Waals surface area contributed by atoms with Gasteiger partial charge in [-0.25, -0.2) is 14.8 Å². The van der Waals surface area contributed by atoms with E-state index >= 15 is 0 Å². The lowest BCUT2D eigenvalue weighted by Crippen LogP contribution is -2.31. The summed E-state index contributed by atoms with van der Waals surface area (Å²) in [6, 6.07) is 5.27.